The van der Waals surface area contributed by atoms with E-state index in [0.29, 0.717) is 5.92 Å². The molecule has 0 aromatic heterocycles. The van der Waals surface area contributed by atoms with Gasteiger partial charge < -0.3 is 19.9 Å². The first-order chi connectivity index (χ1) is 19.0. The maximum Gasteiger partial charge on any atom is 0.321 e. The van der Waals surface area contributed by atoms with E-state index in [1.165, 1.54) is 11.1 Å². The summed E-state index contributed by atoms with van der Waals surface area (Å²) in [5.41, 5.74) is 3.32. The number of benzene rings is 3. The average molecular weight is 530 g/mol. The van der Waals surface area contributed by atoms with Crippen LogP contribution in [0.3, 0.4) is 0 Å². The minimum Gasteiger partial charge on any atom is -0.497 e. The molecule has 6 heteroatoms. The fraction of sp³-hybridized carbons (Fsp3) is 0.424. The lowest BCUT2D eigenvalue weighted by Gasteiger charge is -2.47. The Kier molecular flexibility index (Phi) is 8.82. The van der Waals surface area contributed by atoms with Crippen LogP contribution in [0.4, 0.5) is 14.9 Å². The van der Waals surface area contributed by atoms with Gasteiger partial charge in [0.05, 0.1) is 7.11 Å². The van der Waals surface area contributed by atoms with Crippen molar-refractivity contribution in [3.63, 3.8) is 0 Å². The molecule has 2 saturated heterocycles. The van der Waals surface area contributed by atoms with Gasteiger partial charge in [-0.05, 0) is 92.9 Å². The monoisotopic (exact) mass is 529 g/mol. The molecule has 0 radical (unpaired) electrons. The highest BCUT2D eigenvalue weighted by molar-refractivity contribution is 5.89. The van der Waals surface area contributed by atoms with Gasteiger partial charge in [0.15, 0.2) is 0 Å². The number of anilines is 1. The number of nitrogens with zero attached hydrogens (tertiary/aromatic N) is 2. The smallest absolute Gasteiger partial charge is 0.321 e. The lowest BCUT2D eigenvalue weighted by Crippen LogP contribution is -2.54. The summed E-state index contributed by atoms with van der Waals surface area (Å²) in [7, 11) is 1.63. The van der Waals surface area contributed by atoms with Crippen molar-refractivity contribution in [1.82, 2.24) is 9.80 Å². The van der Waals surface area contributed by atoms with Gasteiger partial charge in [0.2, 0.25) is 0 Å². The lowest BCUT2D eigenvalue weighted by molar-refractivity contribution is 0.0520. The maximum atomic E-state index is 13.4. The van der Waals surface area contributed by atoms with E-state index in [9.17, 15) is 9.18 Å². The Morgan fingerprint density at radius 1 is 0.974 bits per heavy atom. The highest BCUT2D eigenvalue weighted by atomic mass is 19.1. The number of carbonyl (C=O) groups excluding carboxylic acids is 1. The molecule has 2 aliphatic rings. The molecule has 206 valence electrons. The molecule has 3 aromatic rings. The summed E-state index contributed by atoms with van der Waals surface area (Å²) in [6, 6.07) is 25.2. The van der Waals surface area contributed by atoms with E-state index in [4.69, 9.17) is 4.74 Å². The summed E-state index contributed by atoms with van der Waals surface area (Å²) in [5.74, 6) is 1.19. The van der Waals surface area contributed by atoms with Crippen LogP contribution in [-0.4, -0.2) is 55.7 Å². The molecule has 1 unspecified atom stereocenters. The molecule has 2 heterocycles. The standard InChI is InChI=1S/C33H40FN3O2/c1-39-31-10-5-9-30(22-31)35-32(38)37-18-6-17-33(25-37,23-28-7-3-2-4-8-28)24-36-19-15-27(16-20-36)21-26-11-13-29(34)14-12-26/h2-5,7-14,22,27H,6,15-21,23-25H2,1H3,(H,35,38). The molecule has 0 aliphatic carbocycles. The van der Waals surface area contributed by atoms with Crippen LogP contribution in [0.2, 0.25) is 0 Å². The zero-order chi connectivity index (χ0) is 27.1. The van der Waals surface area contributed by atoms with E-state index in [1.54, 1.807) is 19.2 Å². The number of piperidine rings is 2. The van der Waals surface area contributed by atoms with Crippen LogP contribution in [0.1, 0.15) is 36.8 Å². The van der Waals surface area contributed by atoms with Crippen LogP contribution in [0.25, 0.3) is 0 Å². The minimum atomic E-state index is -0.170. The number of methoxy groups -OCH3 is 1. The highest BCUT2D eigenvalue weighted by Crippen LogP contribution is 2.36. The highest BCUT2D eigenvalue weighted by Gasteiger charge is 2.39. The van der Waals surface area contributed by atoms with Gasteiger partial charge >= 0.3 is 6.03 Å². The molecule has 5 nitrogen and oxygen atoms in total. The van der Waals surface area contributed by atoms with Gasteiger partial charge in [-0.25, -0.2) is 9.18 Å². The Morgan fingerprint density at radius 3 is 2.49 bits per heavy atom. The van der Waals surface area contributed by atoms with Crippen molar-refractivity contribution in [3.05, 3.63) is 95.8 Å². The second kappa shape index (κ2) is 12.6. The first-order valence-corrected chi connectivity index (χ1v) is 14.2. The quantitative estimate of drug-likeness (QED) is 0.356. The lowest BCUT2D eigenvalue weighted by atomic mass is 9.74. The number of carbonyl (C=O) groups is 1. The molecule has 1 N–H and O–H groups in total. The van der Waals surface area contributed by atoms with Crippen molar-refractivity contribution in [1.29, 1.82) is 0 Å². The summed E-state index contributed by atoms with van der Waals surface area (Å²) < 4.78 is 18.6. The fourth-order valence-corrected chi connectivity index (χ4v) is 6.42. The summed E-state index contributed by atoms with van der Waals surface area (Å²) >= 11 is 0. The van der Waals surface area contributed by atoms with Crippen molar-refractivity contribution < 1.29 is 13.9 Å². The number of nitrogens with one attached hydrogen (secondary N) is 1. The summed E-state index contributed by atoms with van der Waals surface area (Å²) in [4.78, 5) is 18.0. The van der Waals surface area contributed by atoms with E-state index in [2.05, 4.69) is 40.5 Å². The number of ether oxygens (including phenoxy) is 1. The molecule has 2 fully saturated rings. The molecule has 39 heavy (non-hydrogen) atoms. The van der Waals surface area contributed by atoms with Gasteiger partial charge in [-0.15, -0.1) is 0 Å². The van der Waals surface area contributed by atoms with E-state index in [-0.39, 0.29) is 17.3 Å². The van der Waals surface area contributed by atoms with E-state index >= 15 is 0 Å². The molecule has 0 bridgehead atoms. The Bertz CT molecular complexity index is 1210. The maximum absolute atomic E-state index is 13.4. The number of hydrogen-bond donors (Lipinski definition) is 1. The van der Waals surface area contributed by atoms with E-state index in [1.807, 2.05) is 41.3 Å². The Labute approximate surface area is 232 Å². The number of likely N-dealkylation sites (tertiary alicyclic amines) is 2. The Morgan fingerprint density at radius 2 is 1.74 bits per heavy atom. The second-order valence-electron chi connectivity index (χ2n) is 11.4. The van der Waals surface area contributed by atoms with Gasteiger partial charge in [-0.2, -0.15) is 0 Å². The molecule has 0 saturated carbocycles. The number of amides is 2. The number of halogens is 1. The van der Waals surface area contributed by atoms with Gasteiger partial charge in [-0.3, -0.25) is 0 Å². The fourth-order valence-electron chi connectivity index (χ4n) is 6.42. The predicted octanol–water partition coefficient (Wildman–Crippen LogP) is 6.65. The number of urea groups is 1. The number of hydrogen-bond acceptors (Lipinski definition) is 3. The second-order valence-corrected chi connectivity index (χ2v) is 11.4. The molecule has 5 rings (SSSR count). The Hall–Kier alpha value is -3.38. The van der Waals surface area contributed by atoms with Gasteiger partial charge in [0, 0.05) is 36.8 Å². The molecule has 1 atom stereocenters. The van der Waals surface area contributed by atoms with Gasteiger partial charge in [0.25, 0.3) is 0 Å². The van der Waals surface area contributed by atoms with Crippen LogP contribution in [0.5, 0.6) is 5.75 Å². The average Bonchev–Trinajstić information content (AvgIpc) is 2.96. The van der Waals surface area contributed by atoms with Crippen LogP contribution < -0.4 is 10.1 Å². The number of rotatable bonds is 8. The van der Waals surface area contributed by atoms with E-state index < -0.39 is 0 Å². The van der Waals surface area contributed by atoms with Crippen molar-refractivity contribution in [2.75, 3.05) is 45.2 Å². The van der Waals surface area contributed by atoms with Crippen LogP contribution in [-0.2, 0) is 12.8 Å². The summed E-state index contributed by atoms with van der Waals surface area (Å²) in [5, 5.41) is 3.09. The minimum absolute atomic E-state index is 0.00904. The molecular formula is C33H40FN3O2. The van der Waals surface area contributed by atoms with Gasteiger partial charge in [-0.1, -0.05) is 48.5 Å². The Balaban J connectivity index is 1.25. The molecular weight excluding hydrogens is 489 g/mol. The van der Waals surface area contributed by atoms with Crippen LogP contribution >= 0.6 is 0 Å². The summed E-state index contributed by atoms with van der Waals surface area (Å²) in [6.07, 6.45) is 6.39. The topological polar surface area (TPSA) is 44.8 Å². The van der Waals surface area contributed by atoms with Crippen LogP contribution in [0, 0.1) is 17.2 Å². The van der Waals surface area contributed by atoms with Crippen molar-refractivity contribution in [3.8, 4) is 5.75 Å². The molecule has 2 amide bonds. The normalized spacial score (nSPS) is 20.5. The largest absolute Gasteiger partial charge is 0.497 e. The predicted molar refractivity (Wildman–Crippen MR) is 155 cm³/mol. The van der Waals surface area contributed by atoms with Gasteiger partial charge in [0.1, 0.15) is 11.6 Å². The first-order valence-electron chi connectivity index (χ1n) is 14.2. The molecule has 0 spiro atoms. The molecule has 3 aromatic carbocycles. The van der Waals surface area contributed by atoms with E-state index in [0.717, 1.165) is 82.7 Å². The van der Waals surface area contributed by atoms with Crippen LogP contribution in [0.15, 0.2) is 78.9 Å². The third-order valence-electron chi connectivity index (χ3n) is 8.40. The third kappa shape index (κ3) is 7.39. The van der Waals surface area contributed by atoms with Crippen molar-refractivity contribution in [2.45, 2.75) is 38.5 Å². The molecule has 2 aliphatic heterocycles. The van der Waals surface area contributed by atoms with Crippen molar-refractivity contribution >= 4 is 11.7 Å². The van der Waals surface area contributed by atoms with Crippen molar-refractivity contribution in [2.24, 2.45) is 11.3 Å². The summed E-state index contributed by atoms with van der Waals surface area (Å²) in [6.45, 7) is 4.64. The first kappa shape index (κ1) is 27.2. The SMILES string of the molecule is COc1cccc(NC(=O)N2CCCC(Cc3ccccc3)(CN3CCC(Cc4ccc(F)cc4)CC3)C2)c1. The third-order valence-corrected chi connectivity index (χ3v) is 8.40. The zero-order valence-corrected chi connectivity index (χ0v) is 22.9. The zero-order valence-electron chi connectivity index (χ0n) is 22.9.